The van der Waals surface area contributed by atoms with E-state index in [0.29, 0.717) is 34.1 Å². The number of nitrogens with zero attached hydrogens (tertiary/aromatic N) is 4. The lowest BCUT2D eigenvalue weighted by Gasteiger charge is -2.11. The summed E-state index contributed by atoms with van der Waals surface area (Å²) in [6.45, 7) is 2.07. The molecule has 0 unspecified atom stereocenters. The third kappa shape index (κ3) is 3.06. The molecule has 0 fully saturated rings. The lowest BCUT2D eigenvalue weighted by molar-refractivity contribution is 0.0948. The SMILES string of the molecule is Cc1ccn(-c2ccc3c(c2)OCO3)c(=O)c1C(=O)NCc1cn2ccncc2n1. The highest BCUT2D eigenvalue weighted by Gasteiger charge is 2.19. The molecule has 5 rings (SSSR count). The molecule has 30 heavy (non-hydrogen) atoms. The number of aromatic nitrogens is 4. The van der Waals surface area contributed by atoms with E-state index in [0.717, 1.165) is 0 Å². The normalized spacial score (nSPS) is 12.3. The summed E-state index contributed by atoms with van der Waals surface area (Å²) in [7, 11) is 0. The third-order valence-electron chi connectivity index (χ3n) is 4.91. The fourth-order valence-electron chi connectivity index (χ4n) is 3.38. The van der Waals surface area contributed by atoms with Gasteiger partial charge in [-0.1, -0.05) is 0 Å². The van der Waals surface area contributed by atoms with Crippen LogP contribution in [-0.2, 0) is 6.54 Å². The molecule has 1 aromatic carbocycles. The Hall–Kier alpha value is -4.14. The van der Waals surface area contributed by atoms with Gasteiger partial charge >= 0.3 is 0 Å². The zero-order valence-electron chi connectivity index (χ0n) is 16.0. The standard InChI is InChI=1S/C21H17N5O4/c1-13-4-6-26(15-2-3-16-17(8-15)30-12-29-16)21(28)19(13)20(27)23-9-14-11-25-7-5-22-10-18(25)24-14/h2-8,10-11H,9,12H2,1H3,(H,23,27). The van der Waals surface area contributed by atoms with Crippen molar-refractivity contribution in [2.75, 3.05) is 6.79 Å². The zero-order chi connectivity index (χ0) is 20.7. The van der Waals surface area contributed by atoms with Crippen LogP contribution < -0.4 is 20.3 Å². The highest BCUT2D eigenvalue weighted by atomic mass is 16.7. The van der Waals surface area contributed by atoms with Gasteiger partial charge in [0.15, 0.2) is 17.1 Å². The van der Waals surface area contributed by atoms with E-state index in [4.69, 9.17) is 9.47 Å². The molecule has 0 saturated carbocycles. The zero-order valence-corrected chi connectivity index (χ0v) is 16.0. The fourth-order valence-corrected chi connectivity index (χ4v) is 3.38. The number of hydrogen-bond acceptors (Lipinski definition) is 6. The Morgan fingerprint density at radius 1 is 1.20 bits per heavy atom. The Morgan fingerprint density at radius 2 is 2.07 bits per heavy atom. The van der Waals surface area contributed by atoms with Crippen molar-refractivity contribution >= 4 is 11.6 Å². The maximum Gasteiger partial charge on any atom is 0.268 e. The highest BCUT2D eigenvalue weighted by molar-refractivity contribution is 5.95. The molecular formula is C21H17N5O4. The van der Waals surface area contributed by atoms with E-state index >= 15 is 0 Å². The first kappa shape index (κ1) is 17.9. The lowest BCUT2D eigenvalue weighted by atomic mass is 10.1. The smallest absolute Gasteiger partial charge is 0.268 e. The first-order chi connectivity index (χ1) is 14.6. The van der Waals surface area contributed by atoms with Crippen molar-refractivity contribution in [3.05, 3.63) is 82.4 Å². The quantitative estimate of drug-likeness (QED) is 0.558. The summed E-state index contributed by atoms with van der Waals surface area (Å²) in [4.78, 5) is 34.3. The molecular weight excluding hydrogens is 386 g/mol. The van der Waals surface area contributed by atoms with Gasteiger partial charge in [-0.3, -0.25) is 19.1 Å². The summed E-state index contributed by atoms with van der Waals surface area (Å²) in [5.41, 5.74) is 2.20. The highest BCUT2D eigenvalue weighted by Crippen LogP contribution is 2.33. The number of imidazole rings is 1. The third-order valence-corrected chi connectivity index (χ3v) is 4.91. The average molecular weight is 403 g/mol. The Bertz CT molecular complexity index is 1310. The van der Waals surface area contributed by atoms with Crippen molar-refractivity contribution in [3.8, 4) is 17.2 Å². The molecule has 3 aromatic heterocycles. The van der Waals surface area contributed by atoms with Crippen molar-refractivity contribution in [3.63, 3.8) is 0 Å². The van der Waals surface area contributed by atoms with Gasteiger partial charge in [-0.15, -0.1) is 0 Å². The lowest BCUT2D eigenvalue weighted by Crippen LogP contribution is -2.33. The molecule has 0 saturated heterocycles. The minimum Gasteiger partial charge on any atom is -0.454 e. The number of amides is 1. The van der Waals surface area contributed by atoms with E-state index in [1.165, 1.54) is 4.57 Å². The van der Waals surface area contributed by atoms with E-state index in [1.54, 1.807) is 62.2 Å². The van der Waals surface area contributed by atoms with Crippen LogP contribution in [0.2, 0.25) is 0 Å². The van der Waals surface area contributed by atoms with Crippen LogP contribution in [0, 0.1) is 6.92 Å². The number of fused-ring (bicyclic) bond motifs is 2. The average Bonchev–Trinajstić information content (AvgIpc) is 3.38. The number of carbonyl (C=O) groups is 1. The minimum atomic E-state index is -0.456. The van der Waals surface area contributed by atoms with Crippen molar-refractivity contribution in [2.24, 2.45) is 0 Å². The van der Waals surface area contributed by atoms with E-state index in [-0.39, 0.29) is 18.9 Å². The van der Waals surface area contributed by atoms with Gasteiger partial charge in [0.05, 0.1) is 24.1 Å². The van der Waals surface area contributed by atoms with Gasteiger partial charge in [-0.05, 0) is 30.7 Å². The molecule has 1 aliphatic heterocycles. The molecule has 1 amide bonds. The second kappa shape index (κ2) is 7.03. The summed E-state index contributed by atoms with van der Waals surface area (Å²) < 4.78 is 13.9. The predicted octanol–water partition coefficient (Wildman–Crippen LogP) is 1.85. The summed E-state index contributed by atoms with van der Waals surface area (Å²) in [6, 6.07) is 6.93. The van der Waals surface area contributed by atoms with Gasteiger partial charge in [0.1, 0.15) is 5.56 Å². The number of hydrogen-bond donors (Lipinski definition) is 1. The van der Waals surface area contributed by atoms with Gasteiger partial charge in [-0.2, -0.15) is 0 Å². The van der Waals surface area contributed by atoms with E-state index < -0.39 is 11.5 Å². The fraction of sp³-hybridized carbons (Fsp3) is 0.143. The van der Waals surface area contributed by atoms with Crippen LogP contribution >= 0.6 is 0 Å². The Morgan fingerprint density at radius 3 is 2.93 bits per heavy atom. The molecule has 150 valence electrons. The van der Waals surface area contributed by atoms with E-state index in [9.17, 15) is 9.59 Å². The molecule has 1 aliphatic rings. The Labute approximate surface area is 170 Å². The molecule has 0 radical (unpaired) electrons. The molecule has 4 heterocycles. The van der Waals surface area contributed by atoms with Gasteiger partial charge in [0.2, 0.25) is 6.79 Å². The number of rotatable bonds is 4. The number of carbonyl (C=O) groups excluding carboxylic acids is 1. The molecule has 0 spiro atoms. The molecule has 1 N–H and O–H groups in total. The molecule has 0 bridgehead atoms. The topological polar surface area (TPSA) is 99.8 Å². The summed E-state index contributed by atoms with van der Waals surface area (Å²) in [5.74, 6) is 0.731. The monoisotopic (exact) mass is 403 g/mol. The number of ether oxygens (including phenoxy) is 2. The van der Waals surface area contributed by atoms with Gasteiger partial charge < -0.3 is 19.2 Å². The van der Waals surface area contributed by atoms with Crippen LogP contribution in [0.1, 0.15) is 21.6 Å². The van der Waals surface area contributed by atoms with Crippen molar-refractivity contribution in [1.82, 2.24) is 24.3 Å². The second-order valence-corrected chi connectivity index (χ2v) is 6.84. The first-order valence-corrected chi connectivity index (χ1v) is 9.28. The van der Waals surface area contributed by atoms with Gasteiger partial charge in [-0.25, -0.2) is 4.98 Å². The van der Waals surface area contributed by atoms with Crippen molar-refractivity contribution in [1.29, 1.82) is 0 Å². The van der Waals surface area contributed by atoms with Crippen LogP contribution in [0.5, 0.6) is 11.5 Å². The number of benzene rings is 1. The van der Waals surface area contributed by atoms with Crippen molar-refractivity contribution in [2.45, 2.75) is 13.5 Å². The summed E-state index contributed by atoms with van der Waals surface area (Å²) in [6.07, 6.45) is 8.51. The largest absolute Gasteiger partial charge is 0.454 e. The molecule has 9 nitrogen and oxygen atoms in total. The first-order valence-electron chi connectivity index (χ1n) is 9.28. The molecule has 9 heteroatoms. The van der Waals surface area contributed by atoms with Gasteiger partial charge in [0, 0.05) is 30.9 Å². The second-order valence-electron chi connectivity index (χ2n) is 6.84. The van der Waals surface area contributed by atoms with Crippen LogP contribution in [0.15, 0.2) is 60.0 Å². The Balaban J connectivity index is 1.42. The predicted molar refractivity (Wildman–Crippen MR) is 107 cm³/mol. The van der Waals surface area contributed by atoms with Crippen LogP contribution in [-0.4, -0.2) is 31.6 Å². The molecule has 0 aliphatic carbocycles. The Kier molecular flexibility index (Phi) is 4.20. The van der Waals surface area contributed by atoms with Gasteiger partial charge in [0.25, 0.3) is 11.5 Å². The van der Waals surface area contributed by atoms with Crippen LogP contribution in [0.4, 0.5) is 0 Å². The van der Waals surface area contributed by atoms with E-state index in [2.05, 4.69) is 15.3 Å². The number of nitrogens with one attached hydrogen (secondary N) is 1. The maximum absolute atomic E-state index is 13.1. The van der Waals surface area contributed by atoms with Crippen molar-refractivity contribution < 1.29 is 14.3 Å². The van der Waals surface area contributed by atoms with Crippen LogP contribution in [0.3, 0.4) is 0 Å². The maximum atomic E-state index is 13.1. The summed E-state index contributed by atoms with van der Waals surface area (Å²) >= 11 is 0. The minimum absolute atomic E-state index is 0.0839. The summed E-state index contributed by atoms with van der Waals surface area (Å²) in [5, 5.41) is 2.79. The number of aryl methyl sites for hydroxylation is 1. The van der Waals surface area contributed by atoms with E-state index in [1.807, 2.05) is 4.40 Å². The molecule has 4 aromatic rings. The van der Waals surface area contributed by atoms with Crippen LogP contribution in [0.25, 0.3) is 11.3 Å². The number of pyridine rings is 1. The molecule has 0 atom stereocenters.